The summed E-state index contributed by atoms with van der Waals surface area (Å²) in [7, 11) is 0. The minimum atomic E-state index is -0.564. The Kier molecular flexibility index (Phi) is 7.25. The Morgan fingerprint density at radius 1 is 1.39 bits per heavy atom. The number of aliphatic hydroxyl groups excluding tert-OH is 1. The van der Waals surface area contributed by atoms with Crippen molar-refractivity contribution in [2.24, 2.45) is 0 Å². The molecule has 9 heteroatoms. The van der Waals surface area contributed by atoms with Gasteiger partial charge in [-0.1, -0.05) is 11.6 Å². The Morgan fingerprint density at radius 3 is 2.57 bits per heavy atom. The minimum Gasteiger partial charge on any atom is -0.380 e. The molecule has 0 spiro atoms. The molecule has 1 amide bonds. The zero-order chi connectivity index (χ0) is 16.8. The molecule has 1 aromatic heterocycles. The highest BCUT2D eigenvalue weighted by molar-refractivity contribution is 14.1. The summed E-state index contributed by atoms with van der Waals surface area (Å²) in [5.74, 6) is 0.700. The van der Waals surface area contributed by atoms with Crippen LogP contribution < -0.4 is 4.90 Å². The predicted molar refractivity (Wildman–Crippen MR) is 95.9 cm³/mol. The monoisotopic (exact) mass is 454 g/mol. The number of hydrogen-bond donors (Lipinski definition) is 1. The number of carbonyl (C=O) groups excluding carboxylic acids is 1. The summed E-state index contributed by atoms with van der Waals surface area (Å²) in [6.45, 7) is 4.76. The molecule has 0 saturated carbocycles. The van der Waals surface area contributed by atoms with Gasteiger partial charge in [0, 0.05) is 26.2 Å². The van der Waals surface area contributed by atoms with Crippen molar-refractivity contribution in [2.45, 2.75) is 23.6 Å². The second-order valence-corrected chi connectivity index (χ2v) is 6.98. The molecule has 0 aliphatic carbocycles. The molecule has 1 fully saturated rings. The van der Waals surface area contributed by atoms with Gasteiger partial charge in [-0.25, -0.2) is 9.97 Å². The van der Waals surface area contributed by atoms with Crippen molar-refractivity contribution in [3.8, 4) is 0 Å². The van der Waals surface area contributed by atoms with E-state index in [4.69, 9.17) is 16.3 Å². The quantitative estimate of drug-likeness (QED) is 0.516. The summed E-state index contributed by atoms with van der Waals surface area (Å²) in [6.07, 6.45) is 3.19. The highest BCUT2D eigenvalue weighted by atomic mass is 127. The number of amides is 1. The summed E-state index contributed by atoms with van der Waals surface area (Å²) in [5.41, 5.74) is 0. The molecule has 7 nitrogen and oxygen atoms in total. The number of nitrogens with zero attached hydrogens (tertiary/aromatic N) is 4. The Morgan fingerprint density at radius 2 is 2.00 bits per heavy atom. The lowest BCUT2D eigenvalue weighted by Gasteiger charge is -2.34. The van der Waals surface area contributed by atoms with Gasteiger partial charge >= 0.3 is 0 Å². The molecule has 0 radical (unpaired) electrons. The number of ether oxygens (including phenoxy) is 1. The molecule has 1 aromatic rings. The first-order valence-corrected chi connectivity index (χ1v) is 9.03. The van der Waals surface area contributed by atoms with Crippen LogP contribution >= 0.6 is 34.2 Å². The van der Waals surface area contributed by atoms with Gasteiger partial charge in [0.2, 0.25) is 11.9 Å². The van der Waals surface area contributed by atoms with Crippen molar-refractivity contribution in [3.05, 3.63) is 17.4 Å². The summed E-state index contributed by atoms with van der Waals surface area (Å²) in [6, 6.07) is 0. The zero-order valence-electron chi connectivity index (χ0n) is 12.9. The van der Waals surface area contributed by atoms with E-state index >= 15 is 0 Å². The standard InChI is InChI=1S/C14H20ClIN4O3/c1-10(13(16)22)23-7-2-12(21)19-3-5-20(6-4-19)14-17-8-11(15)9-18-14/h8-10,13,22H,2-7H2,1H3. The van der Waals surface area contributed by atoms with Crippen LogP contribution in [-0.2, 0) is 9.53 Å². The number of rotatable bonds is 6. The van der Waals surface area contributed by atoms with E-state index in [0.717, 1.165) is 0 Å². The van der Waals surface area contributed by atoms with Crippen molar-refractivity contribution >= 4 is 46.0 Å². The number of hydrogen-bond acceptors (Lipinski definition) is 6. The van der Waals surface area contributed by atoms with Crippen molar-refractivity contribution in [2.75, 3.05) is 37.7 Å². The van der Waals surface area contributed by atoms with Crippen molar-refractivity contribution < 1.29 is 14.6 Å². The van der Waals surface area contributed by atoms with Crippen LogP contribution in [0.15, 0.2) is 12.4 Å². The highest BCUT2D eigenvalue weighted by Crippen LogP contribution is 2.13. The molecule has 0 aromatic carbocycles. The Hall–Kier alpha value is -0.710. The molecule has 1 saturated heterocycles. The smallest absolute Gasteiger partial charge is 0.225 e. The van der Waals surface area contributed by atoms with E-state index in [2.05, 4.69) is 9.97 Å². The second kappa shape index (κ2) is 8.95. The number of aliphatic hydroxyl groups is 1. The third kappa shape index (κ3) is 5.70. The van der Waals surface area contributed by atoms with Crippen LogP contribution in [-0.4, -0.2) is 68.9 Å². The number of anilines is 1. The first-order chi connectivity index (χ1) is 11.0. The van der Waals surface area contributed by atoms with Crippen LogP contribution in [0.5, 0.6) is 0 Å². The number of aromatic nitrogens is 2. The molecule has 1 aliphatic rings. The largest absolute Gasteiger partial charge is 0.380 e. The molecule has 23 heavy (non-hydrogen) atoms. The minimum absolute atomic E-state index is 0.0665. The number of piperazine rings is 1. The Labute approximate surface area is 154 Å². The molecule has 2 atom stereocenters. The van der Waals surface area contributed by atoms with E-state index in [-0.39, 0.29) is 12.0 Å². The fourth-order valence-corrected chi connectivity index (χ4v) is 2.50. The van der Waals surface area contributed by atoms with Crippen LogP contribution in [0.4, 0.5) is 5.95 Å². The van der Waals surface area contributed by atoms with E-state index in [9.17, 15) is 9.90 Å². The van der Waals surface area contributed by atoms with Gasteiger partial charge in [0.1, 0.15) is 4.11 Å². The molecule has 2 unspecified atom stereocenters. The summed E-state index contributed by atoms with van der Waals surface area (Å²) >= 11 is 7.67. The number of halogens is 2. The third-order valence-corrected chi connectivity index (χ3v) is 4.81. The van der Waals surface area contributed by atoms with Gasteiger partial charge in [0.15, 0.2) is 0 Å². The molecule has 128 valence electrons. The molecule has 1 N–H and O–H groups in total. The first kappa shape index (κ1) is 18.6. The Bertz CT molecular complexity index is 509. The molecule has 2 heterocycles. The van der Waals surface area contributed by atoms with Crippen LogP contribution in [0.2, 0.25) is 5.02 Å². The number of alkyl halides is 1. The van der Waals surface area contributed by atoms with Crippen LogP contribution in [0, 0.1) is 0 Å². The average molecular weight is 455 g/mol. The van der Waals surface area contributed by atoms with Gasteiger partial charge in [-0.15, -0.1) is 0 Å². The van der Waals surface area contributed by atoms with Crippen LogP contribution in [0.25, 0.3) is 0 Å². The van der Waals surface area contributed by atoms with Crippen molar-refractivity contribution in [1.82, 2.24) is 14.9 Å². The van der Waals surface area contributed by atoms with Crippen molar-refractivity contribution in [3.63, 3.8) is 0 Å². The van der Waals surface area contributed by atoms with Crippen LogP contribution in [0.1, 0.15) is 13.3 Å². The zero-order valence-corrected chi connectivity index (χ0v) is 15.8. The van der Waals surface area contributed by atoms with E-state index < -0.39 is 4.11 Å². The van der Waals surface area contributed by atoms with E-state index in [0.29, 0.717) is 50.2 Å². The molecule has 0 bridgehead atoms. The highest BCUT2D eigenvalue weighted by Gasteiger charge is 2.22. The summed E-state index contributed by atoms with van der Waals surface area (Å²) in [4.78, 5) is 24.4. The van der Waals surface area contributed by atoms with E-state index in [1.807, 2.05) is 32.4 Å². The molecular weight excluding hydrogens is 435 g/mol. The Balaban J connectivity index is 1.73. The van der Waals surface area contributed by atoms with Crippen LogP contribution in [0.3, 0.4) is 0 Å². The lowest BCUT2D eigenvalue weighted by atomic mass is 10.3. The normalized spacial score (nSPS) is 17.9. The molecule has 2 rings (SSSR count). The topological polar surface area (TPSA) is 78.8 Å². The molecule has 1 aliphatic heterocycles. The first-order valence-electron chi connectivity index (χ1n) is 7.41. The van der Waals surface area contributed by atoms with Gasteiger partial charge in [-0.2, -0.15) is 0 Å². The maximum Gasteiger partial charge on any atom is 0.225 e. The second-order valence-electron chi connectivity index (χ2n) is 5.27. The van der Waals surface area contributed by atoms with Gasteiger partial charge in [-0.3, -0.25) is 4.79 Å². The van der Waals surface area contributed by atoms with Gasteiger partial charge in [0.25, 0.3) is 0 Å². The third-order valence-electron chi connectivity index (χ3n) is 3.61. The maximum absolute atomic E-state index is 12.2. The fraction of sp³-hybridized carbons (Fsp3) is 0.643. The predicted octanol–water partition coefficient (Wildman–Crippen LogP) is 1.33. The lowest BCUT2D eigenvalue weighted by molar-refractivity contribution is -0.133. The van der Waals surface area contributed by atoms with Gasteiger partial charge in [0.05, 0.1) is 36.5 Å². The fourth-order valence-electron chi connectivity index (χ4n) is 2.19. The van der Waals surface area contributed by atoms with Crippen molar-refractivity contribution in [1.29, 1.82) is 0 Å². The lowest BCUT2D eigenvalue weighted by Crippen LogP contribution is -2.49. The van der Waals surface area contributed by atoms with Gasteiger partial charge in [-0.05, 0) is 29.5 Å². The SMILES string of the molecule is CC(OCCC(=O)N1CCN(c2ncc(Cl)cn2)CC1)C(O)I. The van der Waals surface area contributed by atoms with E-state index in [1.165, 1.54) is 0 Å². The molecular formula is C14H20ClIN4O3. The average Bonchev–Trinajstić information content (AvgIpc) is 2.55. The van der Waals surface area contributed by atoms with E-state index in [1.54, 1.807) is 19.3 Å². The maximum atomic E-state index is 12.2. The van der Waals surface area contributed by atoms with Gasteiger partial charge < -0.3 is 19.6 Å². The summed E-state index contributed by atoms with van der Waals surface area (Å²) < 4.78 is 4.85. The number of carbonyl (C=O) groups is 1. The summed E-state index contributed by atoms with van der Waals surface area (Å²) in [5, 5.41) is 9.84.